The molecule has 0 radical (unpaired) electrons. The summed E-state index contributed by atoms with van der Waals surface area (Å²) in [5.41, 5.74) is 10.7. The first-order chi connectivity index (χ1) is 17.7. The zero-order valence-corrected chi connectivity index (χ0v) is 20.8. The Balaban J connectivity index is 1.53. The number of rotatable bonds is 3. The quantitative estimate of drug-likeness (QED) is 0.522. The molecule has 0 unspecified atom stereocenters. The zero-order valence-electron chi connectivity index (χ0n) is 20.8. The first-order valence-corrected chi connectivity index (χ1v) is 12.3. The van der Waals surface area contributed by atoms with E-state index >= 15 is 0 Å². The number of hydrogen-bond donors (Lipinski definition) is 1. The van der Waals surface area contributed by atoms with Crippen molar-refractivity contribution in [2.24, 2.45) is 0 Å². The van der Waals surface area contributed by atoms with Gasteiger partial charge in [0.15, 0.2) is 0 Å². The third-order valence-electron chi connectivity index (χ3n) is 5.96. The minimum atomic E-state index is -0.220. The molecule has 0 aromatic heterocycles. The van der Waals surface area contributed by atoms with Gasteiger partial charge in [-0.05, 0) is 23.3 Å². The molecule has 1 heterocycles. The van der Waals surface area contributed by atoms with Crippen molar-refractivity contribution in [1.82, 2.24) is 0 Å². The van der Waals surface area contributed by atoms with Gasteiger partial charge in [0.05, 0.1) is 60.0 Å². The minimum absolute atomic E-state index is 0.220. The molecule has 36 heavy (non-hydrogen) atoms. The Hall–Kier alpha value is -2.94. The number of benzene rings is 3. The van der Waals surface area contributed by atoms with Crippen molar-refractivity contribution in [3.8, 4) is 5.75 Å². The van der Waals surface area contributed by atoms with Crippen LogP contribution in [0, 0.1) is 0 Å². The molecule has 0 spiro atoms. The fraction of sp³-hybridized carbons (Fsp3) is 0.379. The third-order valence-corrected chi connectivity index (χ3v) is 5.96. The first-order valence-electron chi connectivity index (χ1n) is 12.3. The van der Waals surface area contributed by atoms with E-state index in [1.54, 1.807) is 7.11 Å². The van der Waals surface area contributed by atoms with E-state index in [2.05, 4.69) is 0 Å². The largest absolute Gasteiger partial charge is 0.496 e. The van der Waals surface area contributed by atoms with Crippen LogP contribution in [0.25, 0.3) is 0 Å². The van der Waals surface area contributed by atoms with E-state index in [0.29, 0.717) is 64.3 Å². The second kappa shape index (κ2) is 14.0. The lowest BCUT2D eigenvalue weighted by Gasteiger charge is -2.22. The molecule has 192 valence electrons. The summed E-state index contributed by atoms with van der Waals surface area (Å²) in [6, 6.07) is 23.8. The average molecular weight is 494 g/mol. The Bertz CT molecular complexity index is 968. The van der Waals surface area contributed by atoms with Gasteiger partial charge in [-0.25, -0.2) is 0 Å². The molecule has 7 heteroatoms. The fourth-order valence-electron chi connectivity index (χ4n) is 4.23. The zero-order chi connectivity index (χ0) is 25.0. The van der Waals surface area contributed by atoms with Crippen LogP contribution in [-0.4, -0.2) is 46.8 Å². The number of hydrogen-bond acceptors (Lipinski definition) is 7. The van der Waals surface area contributed by atoms with E-state index in [9.17, 15) is 0 Å². The molecule has 3 aromatic rings. The van der Waals surface area contributed by atoms with Crippen molar-refractivity contribution < 1.29 is 28.4 Å². The molecule has 0 saturated carbocycles. The molecule has 0 aliphatic carbocycles. The maximum atomic E-state index is 6.22. The summed E-state index contributed by atoms with van der Waals surface area (Å²) >= 11 is 0. The van der Waals surface area contributed by atoms with Gasteiger partial charge in [-0.15, -0.1) is 0 Å². The second-order valence-corrected chi connectivity index (χ2v) is 8.56. The maximum absolute atomic E-state index is 6.22. The van der Waals surface area contributed by atoms with Crippen molar-refractivity contribution >= 4 is 5.69 Å². The smallest absolute Gasteiger partial charge is 0.130 e. The van der Waals surface area contributed by atoms with Crippen molar-refractivity contribution in [1.29, 1.82) is 0 Å². The Morgan fingerprint density at radius 1 is 0.667 bits per heavy atom. The molecule has 1 aliphatic rings. The summed E-state index contributed by atoms with van der Waals surface area (Å²) < 4.78 is 36.0. The highest BCUT2D eigenvalue weighted by Crippen LogP contribution is 2.30. The molecule has 4 rings (SSSR count). The predicted octanol–water partition coefficient (Wildman–Crippen LogP) is 4.86. The van der Waals surface area contributed by atoms with Crippen molar-refractivity contribution in [3.05, 3.63) is 95.1 Å². The van der Waals surface area contributed by atoms with Gasteiger partial charge in [-0.3, -0.25) is 0 Å². The molecule has 1 aliphatic heterocycles. The van der Waals surface area contributed by atoms with Crippen LogP contribution in [0.2, 0.25) is 0 Å². The number of methoxy groups -OCH3 is 1. The SMILES string of the molecule is COc1c2cc(N)cc1COC[C@H](c1ccccc1)OCCOCCO[C@@H](c1ccccc1)COC2. The van der Waals surface area contributed by atoms with Crippen LogP contribution < -0.4 is 10.5 Å². The third kappa shape index (κ3) is 7.53. The van der Waals surface area contributed by atoms with Crippen LogP contribution in [0.3, 0.4) is 0 Å². The summed E-state index contributed by atoms with van der Waals surface area (Å²) in [6.45, 7) is 3.25. The topological polar surface area (TPSA) is 81.4 Å². The predicted molar refractivity (Wildman–Crippen MR) is 138 cm³/mol. The first kappa shape index (κ1) is 26.1. The average Bonchev–Trinajstić information content (AvgIpc) is 2.91. The fourth-order valence-corrected chi connectivity index (χ4v) is 4.23. The van der Waals surface area contributed by atoms with Gasteiger partial charge in [-0.2, -0.15) is 0 Å². The highest BCUT2D eigenvalue weighted by molar-refractivity contribution is 5.53. The lowest BCUT2D eigenvalue weighted by Crippen LogP contribution is -2.18. The Labute approximate surface area is 213 Å². The number of ether oxygens (including phenoxy) is 6. The number of nitrogens with two attached hydrogens (primary N) is 1. The molecule has 7 nitrogen and oxygen atoms in total. The van der Waals surface area contributed by atoms with E-state index < -0.39 is 0 Å². The van der Waals surface area contributed by atoms with Gasteiger partial charge in [-0.1, -0.05) is 60.7 Å². The number of anilines is 1. The van der Waals surface area contributed by atoms with E-state index in [1.807, 2.05) is 72.8 Å². The molecule has 2 atom stereocenters. The van der Waals surface area contributed by atoms with Crippen LogP contribution in [0.5, 0.6) is 5.75 Å². The molecule has 2 N–H and O–H groups in total. The summed E-state index contributed by atoms with van der Waals surface area (Å²) in [4.78, 5) is 0. The summed E-state index contributed by atoms with van der Waals surface area (Å²) in [6.07, 6.45) is -0.440. The van der Waals surface area contributed by atoms with Crippen LogP contribution in [0.4, 0.5) is 5.69 Å². The van der Waals surface area contributed by atoms with Gasteiger partial charge < -0.3 is 34.2 Å². The van der Waals surface area contributed by atoms with E-state index in [0.717, 1.165) is 22.3 Å². The number of nitrogen functional groups attached to an aromatic ring is 1. The minimum Gasteiger partial charge on any atom is -0.496 e. The van der Waals surface area contributed by atoms with Gasteiger partial charge in [0.1, 0.15) is 18.0 Å². The van der Waals surface area contributed by atoms with E-state index in [4.69, 9.17) is 34.2 Å². The number of fused-ring (bicyclic) bond motifs is 2. The van der Waals surface area contributed by atoms with Crippen molar-refractivity contribution in [2.75, 3.05) is 52.5 Å². The van der Waals surface area contributed by atoms with E-state index in [-0.39, 0.29) is 12.2 Å². The van der Waals surface area contributed by atoms with Gasteiger partial charge in [0, 0.05) is 16.8 Å². The van der Waals surface area contributed by atoms with E-state index in [1.165, 1.54) is 0 Å². The lowest BCUT2D eigenvalue weighted by molar-refractivity contribution is -0.0645. The van der Waals surface area contributed by atoms with Crippen LogP contribution in [0.15, 0.2) is 72.8 Å². The van der Waals surface area contributed by atoms with Gasteiger partial charge in [0.25, 0.3) is 0 Å². The highest BCUT2D eigenvalue weighted by atomic mass is 16.6. The van der Waals surface area contributed by atoms with Crippen molar-refractivity contribution in [3.63, 3.8) is 0 Å². The molecule has 3 aromatic carbocycles. The van der Waals surface area contributed by atoms with Crippen LogP contribution >= 0.6 is 0 Å². The maximum Gasteiger partial charge on any atom is 0.130 e. The van der Waals surface area contributed by atoms with Gasteiger partial charge in [0.2, 0.25) is 0 Å². The lowest BCUT2D eigenvalue weighted by atomic mass is 10.1. The Morgan fingerprint density at radius 2 is 1.14 bits per heavy atom. The molecule has 0 amide bonds. The Morgan fingerprint density at radius 3 is 1.58 bits per heavy atom. The standard InChI is InChI=1S/C29H35NO6/c1-31-29-24-16-26(30)17-25(29)19-34-21-28(23-10-6-3-7-11-23)36-15-13-32-12-14-35-27(20-33-18-24)22-8-4-2-5-9-22/h2-11,16-17,27-28H,12-15,18-21,30H2,1H3/t27-,28-/m1/s1. The molecular formula is C29H35NO6. The van der Waals surface area contributed by atoms with Gasteiger partial charge >= 0.3 is 0 Å². The molecular weight excluding hydrogens is 458 g/mol. The molecule has 2 bridgehead atoms. The summed E-state index contributed by atoms with van der Waals surface area (Å²) in [5.74, 6) is 0.716. The monoisotopic (exact) mass is 493 g/mol. The second-order valence-electron chi connectivity index (χ2n) is 8.56. The molecule has 0 fully saturated rings. The highest BCUT2D eigenvalue weighted by Gasteiger charge is 2.17. The van der Waals surface area contributed by atoms with Crippen LogP contribution in [-0.2, 0) is 36.9 Å². The normalized spacial score (nSPS) is 20.7. The van der Waals surface area contributed by atoms with Crippen LogP contribution in [0.1, 0.15) is 34.5 Å². The van der Waals surface area contributed by atoms with Crippen molar-refractivity contribution in [2.45, 2.75) is 25.4 Å². The molecule has 0 saturated heterocycles. The summed E-state index contributed by atoms with van der Waals surface area (Å²) in [5, 5.41) is 0. The Kier molecular flexibility index (Phi) is 10.1. The summed E-state index contributed by atoms with van der Waals surface area (Å²) in [7, 11) is 1.65.